The first kappa shape index (κ1) is 20.9. The highest BCUT2D eigenvalue weighted by Crippen LogP contribution is 2.25. The van der Waals surface area contributed by atoms with Gasteiger partial charge in [0.25, 0.3) is 11.8 Å². The monoisotopic (exact) mass is 435 g/mol. The summed E-state index contributed by atoms with van der Waals surface area (Å²) in [5.74, 6) is 0.672. The van der Waals surface area contributed by atoms with Crippen LogP contribution in [0.5, 0.6) is 5.75 Å². The summed E-state index contributed by atoms with van der Waals surface area (Å²) < 4.78 is 5.23. The minimum Gasteiger partial charge on any atom is -0.497 e. The Bertz CT molecular complexity index is 1040. The van der Waals surface area contributed by atoms with Gasteiger partial charge in [-0.15, -0.1) is 11.3 Å². The fourth-order valence-corrected chi connectivity index (χ4v) is 4.45. The molecule has 2 amide bonds. The van der Waals surface area contributed by atoms with E-state index in [1.807, 2.05) is 58.8 Å². The molecule has 0 aliphatic carbocycles. The van der Waals surface area contributed by atoms with Crippen LogP contribution >= 0.6 is 11.3 Å². The quantitative estimate of drug-likeness (QED) is 0.608. The number of amides is 2. The van der Waals surface area contributed by atoms with Crippen LogP contribution in [0.2, 0.25) is 0 Å². The van der Waals surface area contributed by atoms with Gasteiger partial charge in [-0.2, -0.15) is 0 Å². The van der Waals surface area contributed by atoms with Crippen molar-refractivity contribution in [2.75, 3.05) is 50.1 Å². The third kappa shape index (κ3) is 4.41. The molecule has 0 radical (unpaired) electrons. The summed E-state index contributed by atoms with van der Waals surface area (Å²) in [5.41, 5.74) is 2.30. The Balaban J connectivity index is 1.46. The van der Waals surface area contributed by atoms with Crippen molar-refractivity contribution in [1.29, 1.82) is 0 Å². The summed E-state index contributed by atoms with van der Waals surface area (Å²) in [7, 11) is 3.37. The molecule has 1 aliphatic heterocycles. The maximum atomic E-state index is 13.3. The molecule has 160 valence electrons. The maximum absolute atomic E-state index is 13.3. The Labute approximate surface area is 186 Å². The first-order chi connectivity index (χ1) is 15.1. The van der Waals surface area contributed by atoms with Gasteiger partial charge in [0.05, 0.1) is 23.2 Å². The third-order valence-electron chi connectivity index (χ3n) is 5.54. The first-order valence-electron chi connectivity index (χ1n) is 10.2. The molecule has 3 aromatic rings. The molecule has 0 spiro atoms. The summed E-state index contributed by atoms with van der Waals surface area (Å²) in [5, 5.41) is 1.88. The Hall–Kier alpha value is -3.32. The lowest BCUT2D eigenvalue weighted by Crippen LogP contribution is -2.49. The van der Waals surface area contributed by atoms with Crippen molar-refractivity contribution in [2.24, 2.45) is 0 Å². The number of thiophene rings is 1. The van der Waals surface area contributed by atoms with Crippen molar-refractivity contribution >= 4 is 34.5 Å². The van der Waals surface area contributed by atoms with Crippen LogP contribution in [-0.2, 0) is 0 Å². The molecule has 31 heavy (non-hydrogen) atoms. The third-order valence-corrected chi connectivity index (χ3v) is 6.39. The van der Waals surface area contributed by atoms with Crippen LogP contribution in [0.25, 0.3) is 0 Å². The molecule has 1 aliphatic rings. The summed E-state index contributed by atoms with van der Waals surface area (Å²) >= 11 is 1.40. The van der Waals surface area contributed by atoms with E-state index in [4.69, 9.17) is 4.74 Å². The molecule has 1 fully saturated rings. The van der Waals surface area contributed by atoms with Crippen LogP contribution in [0.4, 0.5) is 11.4 Å². The lowest BCUT2D eigenvalue weighted by atomic mass is 10.1. The van der Waals surface area contributed by atoms with E-state index in [0.717, 1.165) is 24.5 Å². The summed E-state index contributed by atoms with van der Waals surface area (Å²) in [6, 6.07) is 18.9. The summed E-state index contributed by atoms with van der Waals surface area (Å²) in [6.07, 6.45) is 0. The molecule has 0 unspecified atom stereocenters. The van der Waals surface area contributed by atoms with Gasteiger partial charge in [-0.3, -0.25) is 9.59 Å². The zero-order chi connectivity index (χ0) is 21.8. The lowest BCUT2D eigenvalue weighted by molar-refractivity contribution is 0.0747. The van der Waals surface area contributed by atoms with Crippen molar-refractivity contribution in [2.45, 2.75) is 0 Å². The van der Waals surface area contributed by atoms with Crippen LogP contribution in [-0.4, -0.2) is 57.1 Å². The number of carbonyl (C=O) groups excluding carboxylic acids is 2. The van der Waals surface area contributed by atoms with E-state index in [9.17, 15) is 9.59 Å². The Morgan fingerprint density at radius 3 is 2.29 bits per heavy atom. The van der Waals surface area contributed by atoms with Crippen LogP contribution < -0.4 is 14.5 Å². The number of para-hydroxylation sites is 1. The SMILES string of the molecule is COc1ccc(N2CCN(C(=O)c3ccccc3N(C)C(=O)c3cccs3)CC2)cc1. The number of nitrogens with zero attached hydrogens (tertiary/aromatic N) is 3. The second-order valence-corrected chi connectivity index (χ2v) is 8.28. The molecular formula is C24H25N3O3S. The molecule has 1 saturated heterocycles. The van der Waals surface area contributed by atoms with Crippen LogP contribution in [0.3, 0.4) is 0 Å². The van der Waals surface area contributed by atoms with Crippen LogP contribution in [0.1, 0.15) is 20.0 Å². The van der Waals surface area contributed by atoms with Gasteiger partial charge >= 0.3 is 0 Å². The molecule has 0 bridgehead atoms. The smallest absolute Gasteiger partial charge is 0.268 e. The molecular weight excluding hydrogens is 410 g/mol. The average Bonchev–Trinajstić information content (AvgIpc) is 3.38. The standard InChI is InChI=1S/C24H25N3O3S/c1-25(24(29)22-8-5-17-31-22)21-7-4-3-6-20(21)23(28)27-15-13-26(14-16-27)18-9-11-19(30-2)12-10-18/h3-12,17H,13-16H2,1-2H3. The molecule has 2 aromatic carbocycles. The van der Waals surface area contributed by atoms with Crippen molar-refractivity contribution in [1.82, 2.24) is 4.90 Å². The fourth-order valence-electron chi connectivity index (χ4n) is 3.75. The fraction of sp³-hybridized carbons (Fsp3) is 0.250. The maximum Gasteiger partial charge on any atom is 0.268 e. The largest absolute Gasteiger partial charge is 0.497 e. The van der Waals surface area contributed by atoms with Crippen molar-refractivity contribution in [3.8, 4) is 5.75 Å². The van der Waals surface area contributed by atoms with Gasteiger partial charge in [0.15, 0.2) is 0 Å². The second-order valence-electron chi connectivity index (χ2n) is 7.34. The molecule has 1 aromatic heterocycles. The van der Waals surface area contributed by atoms with Crippen molar-refractivity contribution in [3.63, 3.8) is 0 Å². The van der Waals surface area contributed by atoms with E-state index >= 15 is 0 Å². The average molecular weight is 436 g/mol. The zero-order valence-corrected chi connectivity index (χ0v) is 18.5. The zero-order valence-electron chi connectivity index (χ0n) is 17.7. The minimum atomic E-state index is -0.112. The Morgan fingerprint density at radius 1 is 0.935 bits per heavy atom. The summed E-state index contributed by atoms with van der Waals surface area (Å²) in [6.45, 7) is 2.76. The van der Waals surface area contributed by atoms with Crippen LogP contribution in [0.15, 0.2) is 66.0 Å². The van der Waals surface area contributed by atoms with Crippen molar-refractivity contribution < 1.29 is 14.3 Å². The Kier molecular flexibility index (Phi) is 6.23. The molecule has 6 nitrogen and oxygen atoms in total. The predicted molar refractivity (Wildman–Crippen MR) is 125 cm³/mol. The molecule has 0 N–H and O–H groups in total. The van der Waals surface area contributed by atoms with E-state index < -0.39 is 0 Å². The van der Waals surface area contributed by atoms with Crippen molar-refractivity contribution in [3.05, 3.63) is 76.5 Å². The number of benzene rings is 2. The van der Waals surface area contributed by atoms with Gasteiger partial charge < -0.3 is 19.4 Å². The normalized spacial score (nSPS) is 13.7. The second kappa shape index (κ2) is 9.22. The van der Waals surface area contributed by atoms with E-state index in [1.165, 1.54) is 11.3 Å². The number of rotatable bonds is 5. The van der Waals surface area contributed by atoms with Gasteiger partial charge in [0.2, 0.25) is 0 Å². The molecule has 4 rings (SSSR count). The van der Waals surface area contributed by atoms with Crippen LogP contribution in [0, 0.1) is 0 Å². The number of ether oxygens (including phenoxy) is 1. The molecule has 0 atom stereocenters. The number of methoxy groups -OCH3 is 1. The number of hydrogen-bond donors (Lipinski definition) is 0. The number of carbonyl (C=O) groups is 2. The van der Waals surface area contributed by atoms with Gasteiger partial charge in [-0.05, 0) is 47.8 Å². The van der Waals surface area contributed by atoms with Gasteiger partial charge in [0, 0.05) is 38.9 Å². The topological polar surface area (TPSA) is 53.1 Å². The molecule has 7 heteroatoms. The van der Waals surface area contributed by atoms with E-state index in [1.54, 1.807) is 31.2 Å². The number of piperazine rings is 1. The van der Waals surface area contributed by atoms with E-state index in [-0.39, 0.29) is 11.8 Å². The highest BCUT2D eigenvalue weighted by molar-refractivity contribution is 7.12. The summed E-state index contributed by atoms with van der Waals surface area (Å²) in [4.78, 5) is 32.5. The number of anilines is 2. The van der Waals surface area contributed by atoms with E-state index in [2.05, 4.69) is 4.90 Å². The Morgan fingerprint density at radius 2 is 1.65 bits per heavy atom. The molecule has 2 heterocycles. The predicted octanol–water partition coefficient (Wildman–Crippen LogP) is 4.00. The van der Waals surface area contributed by atoms with Gasteiger partial charge in [0.1, 0.15) is 5.75 Å². The van der Waals surface area contributed by atoms with Gasteiger partial charge in [-0.1, -0.05) is 18.2 Å². The van der Waals surface area contributed by atoms with Gasteiger partial charge in [-0.25, -0.2) is 0 Å². The minimum absolute atomic E-state index is 0.0455. The van der Waals surface area contributed by atoms with E-state index in [0.29, 0.717) is 29.2 Å². The highest BCUT2D eigenvalue weighted by atomic mass is 32.1. The lowest BCUT2D eigenvalue weighted by Gasteiger charge is -2.36. The first-order valence-corrected chi connectivity index (χ1v) is 11.1. The molecule has 0 saturated carbocycles. The number of hydrogen-bond acceptors (Lipinski definition) is 5. The highest BCUT2D eigenvalue weighted by Gasteiger charge is 2.26.